The Morgan fingerprint density at radius 2 is 2.09 bits per heavy atom. The van der Waals surface area contributed by atoms with Crippen molar-refractivity contribution in [2.75, 3.05) is 0 Å². The third kappa shape index (κ3) is 4.08. The summed E-state index contributed by atoms with van der Waals surface area (Å²) in [5, 5.41) is 8.32. The molecule has 0 aliphatic carbocycles. The molecule has 0 amide bonds. The predicted octanol–water partition coefficient (Wildman–Crippen LogP) is 1.91. The molecule has 0 aliphatic heterocycles. The predicted molar refractivity (Wildman–Crippen MR) is 37.2 cm³/mol. The van der Waals surface area contributed by atoms with Gasteiger partial charge in [0.25, 0.3) is 7.48 Å². The smallest absolute Gasteiger partial charge is 0.412 e. The zero-order valence-electron chi connectivity index (χ0n) is 6.15. The van der Waals surface area contributed by atoms with Crippen LogP contribution in [0.25, 0.3) is 0 Å². The van der Waals surface area contributed by atoms with E-state index in [4.69, 9.17) is 5.02 Å². The molecule has 1 radical (unpaired) electrons. The van der Waals surface area contributed by atoms with Gasteiger partial charge in [0.05, 0.1) is 0 Å². The molecule has 0 aromatic carbocycles. The van der Waals surface area contributed by atoms with Gasteiger partial charge in [0.2, 0.25) is 0 Å². The summed E-state index contributed by atoms with van der Waals surface area (Å²) in [6.07, 6.45) is -4.59. The standard InChI is InChI=1S/C6H9BF3O/c1-4(6(8,9)10)3-5(2)7-11/h5,11H,1,3H2,2H3. The second-order valence-corrected chi connectivity index (χ2v) is 2.43. The zero-order chi connectivity index (χ0) is 9.07. The van der Waals surface area contributed by atoms with Crippen LogP contribution in [0.1, 0.15) is 13.3 Å². The van der Waals surface area contributed by atoms with E-state index in [-0.39, 0.29) is 6.42 Å². The van der Waals surface area contributed by atoms with Crippen molar-refractivity contribution < 1.29 is 18.2 Å². The van der Waals surface area contributed by atoms with Crippen LogP contribution in [0, 0.1) is 0 Å². The largest absolute Gasteiger partial charge is 0.454 e. The Labute approximate surface area is 64.2 Å². The summed E-state index contributed by atoms with van der Waals surface area (Å²) in [5.74, 6) is -0.496. The highest BCUT2D eigenvalue weighted by Gasteiger charge is 2.32. The summed E-state index contributed by atoms with van der Waals surface area (Å²) in [6.45, 7) is 4.34. The van der Waals surface area contributed by atoms with Gasteiger partial charge in [-0.15, -0.1) is 0 Å². The summed E-state index contributed by atoms with van der Waals surface area (Å²) >= 11 is 0. The normalized spacial score (nSPS) is 14.3. The molecule has 0 heterocycles. The zero-order valence-corrected chi connectivity index (χ0v) is 6.15. The molecule has 0 rings (SSSR count). The molecular formula is C6H9BF3O. The van der Waals surface area contributed by atoms with E-state index >= 15 is 0 Å². The minimum atomic E-state index is -4.34. The Morgan fingerprint density at radius 3 is 2.36 bits per heavy atom. The highest BCUT2D eigenvalue weighted by Crippen LogP contribution is 2.29. The molecule has 63 valence electrons. The number of alkyl halides is 3. The number of allylic oxidation sites excluding steroid dienone is 1. The maximum atomic E-state index is 11.8. The van der Waals surface area contributed by atoms with Crippen molar-refractivity contribution in [3.05, 3.63) is 12.2 Å². The lowest BCUT2D eigenvalue weighted by Gasteiger charge is -2.12. The minimum Gasteiger partial charge on any atom is -0.454 e. The van der Waals surface area contributed by atoms with E-state index in [0.717, 1.165) is 7.48 Å². The molecule has 1 unspecified atom stereocenters. The molecular weight excluding hydrogens is 156 g/mol. The first-order valence-corrected chi connectivity index (χ1v) is 3.10. The molecule has 0 fully saturated rings. The van der Waals surface area contributed by atoms with Crippen molar-refractivity contribution in [1.82, 2.24) is 0 Å². The molecule has 0 saturated heterocycles. The molecule has 0 aliphatic rings. The topological polar surface area (TPSA) is 20.2 Å². The molecule has 0 bridgehead atoms. The third-order valence-electron chi connectivity index (χ3n) is 1.22. The number of rotatable bonds is 3. The van der Waals surface area contributed by atoms with Crippen molar-refractivity contribution in [2.45, 2.75) is 25.3 Å². The van der Waals surface area contributed by atoms with Gasteiger partial charge in [0, 0.05) is 5.57 Å². The van der Waals surface area contributed by atoms with Crippen LogP contribution in [0.3, 0.4) is 0 Å². The maximum absolute atomic E-state index is 11.8. The molecule has 1 atom stereocenters. The van der Waals surface area contributed by atoms with E-state index in [1.54, 1.807) is 0 Å². The Balaban J connectivity index is 3.88. The maximum Gasteiger partial charge on any atom is 0.412 e. The molecule has 0 saturated carbocycles. The van der Waals surface area contributed by atoms with Crippen molar-refractivity contribution in [1.29, 1.82) is 0 Å². The second-order valence-electron chi connectivity index (χ2n) is 2.43. The lowest BCUT2D eigenvalue weighted by Crippen LogP contribution is -2.13. The average Bonchev–Trinajstić information content (AvgIpc) is 1.85. The molecule has 1 nitrogen and oxygen atoms in total. The van der Waals surface area contributed by atoms with Crippen LogP contribution in [-0.2, 0) is 0 Å². The Bertz CT molecular complexity index is 143. The second kappa shape index (κ2) is 3.81. The van der Waals surface area contributed by atoms with E-state index in [2.05, 4.69) is 6.58 Å². The minimum absolute atomic E-state index is 0.250. The first kappa shape index (κ1) is 10.6. The van der Waals surface area contributed by atoms with Gasteiger partial charge < -0.3 is 5.02 Å². The van der Waals surface area contributed by atoms with Gasteiger partial charge in [-0.3, -0.25) is 0 Å². The van der Waals surface area contributed by atoms with Crippen LogP contribution in [0.15, 0.2) is 12.2 Å². The van der Waals surface area contributed by atoms with E-state index in [9.17, 15) is 13.2 Å². The van der Waals surface area contributed by atoms with Gasteiger partial charge in [-0.1, -0.05) is 13.5 Å². The Hall–Kier alpha value is -0.445. The van der Waals surface area contributed by atoms with E-state index in [1.165, 1.54) is 6.92 Å². The summed E-state index contributed by atoms with van der Waals surface area (Å²) in [5.41, 5.74) is -0.810. The van der Waals surface area contributed by atoms with Gasteiger partial charge >= 0.3 is 6.18 Å². The third-order valence-corrected chi connectivity index (χ3v) is 1.22. The molecule has 0 aromatic heterocycles. The number of hydrogen-bond donors (Lipinski definition) is 1. The fourth-order valence-electron chi connectivity index (χ4n) is 0.557. The molecule has 11 heavy (non-hydrogen) atoms. The first-order valence-electron chi connectivity index (χ1n) is 3.10. The van der Waals surface area contributed by atoms with Gasteiger partial charge in [0.1, 0.15) is 0 Å². The lowest BCUT2D eigenvalue weighted by molar-refractivity contribution is -0.0936. The molecule has 5 heteroatoms. The van der Waals surface area contributed by atoms with Gasteiger partial charge in [-0.2, -0.15) is 13.2 Å². The summed E-state index contributed by atoms with van der Waals surface area (Å²) in [4.78, 5) is 0. The van der Waals surface area contributed by atoms with Gasteiger partial charge in [-0.05, 0) is 12.2 Å². The highest BCUT2D eigenvalue weighted by molar-refractivity contribution is 6.27. The van der Waals surface area contributed by atoms with Crippen LogP contribution in [0.2, 0.25) is 5.82 Å². The molecule has 1 N–H and O–H groups in total. The van der Waals surface area contributed by atoms with E-state index < -0.39 is 17.6 Å². The molecule has 0 aromatic rings. The fraction of sp³-hybridized carbons (Fsp3) is 0.667. The molecule has 0 spiro atoms. The summed E-state index contributed by atoms with van der Waals surface area (Å²) < 4.78 is 35.3. The summed E-state index contributed by atoms with van der Waals surface area (Å²) in [6, 6.07) is 0. The lowest BCUT2D eigenvalue weighted by atomic mass is 9.78. The highest BCUT2D eigenvalue weighted by atomic mass is 19.4. The van der Waals surface area contributed by atoms with Crippen LogP contribution in [-0.4, -0.2) is 18.7 Å². The monoisotopic (exact) mass is 165 g/mol. The Kier molecular flexibility index (Phi) is 3.65. The van der Waals surface area contributed by atoms with E-state index in [1.807, 2.05) is 0 Å². The van der Waals surface area contributed by atoms with Crippen LogP contribution in [0.4, 0.5) is 13.2 Å². The summed E-state index contributed by atoms with van der Waals surface area (Å²) in [7, 11) is 0.733. The van der Waals surface area contributed by atoms with Gasteiger partial charge in [0.15, 0.2) is 0 Å². The average molecular weight is 165 g/mol. The van der Waals surface area contributed by atoms with Crippen molar-refractivity contribution in [3.63, 3.8) is 0 Å². The van der Waals surface area contributed by atoms with Crippen LogP contribution < -0.4 is 0 Å². The van der Waals surface area contributed by atoms with Gasteiger partial charge in [-0.25, -0.2) is 0 Å². The van der Waals surface area contributed by atoms with Crippen molar-refractivity contribution >= 4 is 7.48 Å². The van der Waals surface area contributed by atoms with Crippen LogP contribution in [0.5, 0.6) is 0 Å². The Morgan fingerprint density at radius 1 is 1.64 bits per heavy atom. The van der Waals surface area contributed by atoms with Crippen molar-refractivity contribution in [3.8, 4) is 0 Å². The quantitative estimate of drug-likeness (QED) is 0.500. The SMILES string of the molecule is C=C(CC(C)[B]O)C(F)(F)F. The first-order chi connectivity index (χ1) is 4.88. The van der Waals surface area contributed by atoms with E-state index in [0.29, 0.717) is 0 Å². The fourth-order valence-corrected chi connectivity index (χ4v) is 0.557. The number of halogens is 3. The van der Waals surface area contributed by atoms with Crippen molar-refractivity contribution in [2.24, 2.45) is 0 Å². The number of hydrogen-bond acceptors (Lipinski definition) is 1. The van der Waals surface area contributed by atoms with Crippen LogP contribution >= 0.6 is 0 Å².